The van der Waals surface area contributed by atoms with Crippen LogP contribution in [0.25, 0.3) is 0 Å². The molecular weight excluding hydrogens is 222 g/mol. The van der Waals surface area contributed by atoms with E-state index in [4.69, 9.17) is 0 Å². The predicted octanol–water partition coefficient (Wildman–Crippen LogP) is 1.50. The zero-order chi connectivity index (χ0) is 9.14. The SMILES string of the molecule is CCC(O)c1nn(CC)nc1Br. The number of aryl methyl sites for hydroxylation is 1. The molecule has 5 heteroatoms. The van der Waals surface area contributed by atoms with Crippen LogP contribution < -0.4 is 0 Å². The minimum absolute atomic E-state index is 0.514. The summed E-state index contributed by atoms with van der Waals surface area (Å²) in [6.45, 7) is 4.58. The third kappa shape index (κ3) is 1.84. The summed E-state index contributed by atoms with van der Waals surface area (Å²) < 4.78 is 0.638. The summed E-state index contributed by atoms with van der Waals surface area (Å²) in [5.41, 5.74) is 0.624. The summed E-state index contributed by atoms with van der Waals surface area (Å²) >= 11 is 3.24. The molecule has 68 valence electrons. The second kappa shape index (κ2) is 4.00. The Morgan fingerprint density at radius 3 is 2.58 bits per heavy atom. The lowest BCUT2D eigenvalue weighted by Crippen LogP contribution is -2.01. The lowest BCUT2D eigenvalue weighted by molar-refractivity contribution is 0.167. The first kappa shape index (κ1) is 9.67. The van der Waals surface area contributed by atoms with E-state index in [-0.39, 0.29) is 0 Å². The number of hydrogen-bond donors (Lipinski definition) is 1. The van der Waals surface area contributed by atoms with E-state index in [1.54, 1.807) is 4.80 Å². The van der Waals surface area contributed by atoms with Crippen molar-refractivity contribution in [3.8, 4) is 0 Å². The summed E-state index contributed by atoms with van der Waals surface area (Å²) in [7, 11) is 0. The van der Waals surface area contributed by atoms with Gasteiger partial charge >= 0.3 is 0 Å². The molecular formula is C7H12BrN3O. The molecule has 1 rings (SSSR count). The molecule has 4 nitrogen and oxygen atoms in total. The Labute approximate surface area is 79.7 Å². The van der Waals surface area contributed by atoms with Crippen molar-refractivity contribution in [2.45, 2.75) is 32.9 Å². The van der Waals surface area contributed by atoms with Gasteiger partial charge in [-0.05, 0) is 29.3 Å². The molecule has 1 atom stereocenters. The second-order valence-corrected chi connectivity index (χ2v) is 3.24. The Bertz CT molecular complexity index is 261. The molecule has 0 saturated carbocycles. The van der Waals surface area contributed by atoms with Gasteiger partial charge in [0.25, 0.3) is 0 Å². The fraction of sp³-hybridized carbons (Fsp3) is 0.714. The van der Waals surface area contributed by atoms with Crippen molar-refractivity contribution in [2.24, 2.45) is 0 Å². The van der Waals surface area contributed by atoms with Crippen molar-refractivity contribution in [1.82, 2.24) is 15.0 Å². The molecule has 1 heterocycles. The van der Waals surface area contributed by atoms with Crippen LogP contribution in [0.5, 0.6) is 0 Å². The predicted molar refractivity (Wildman–Crippen MR) is 48.6 cm³/mol. The van der Waals surface area contributed by atoms with Crippen LogP contribution in [0.15, 0.2) is 4.60 Å². The fourth-order valence-corrected chi connectivity index (χ4v) is 1.41. The van der Waals surface area contributed by atoms with Crippen LogP contribution in [-0.4, -0.2) is 20.1 Å². The molecule has 0 aliphatic carbocycles. The van der Waals surface area contributed by atoms with Gasteiger partial charge in [-0.25, -0.2) is 0 Å². The van der Waals surface area contributed by atoms with Crippen LogP contribution in [-0.2, 0) is 6.54 Å². The van der Waals surface area contributed by atoms with Crippen LogP contribution in [0.3, 0.4) is 0 Å². The summed E-state index contributed by atoms with van der Waals surface area (Å²) in [6, 6.07) is 0. The van der Waals surface area contributed by atoms with Gasteiger partial charge in [0, 0.05) is 0 Å². The highest BCUT2D eigenvalue weighted by Gasteiger charge is 2.14. The van der Waals surface area contributed by atoms with E-state index < -0.39 is 6.10 Å². The molecule has 0 aliphatic heterocycles. The first-order valence-electron chi connectivity index (χ1n) is 3.97. The number of hydrogen-bond acceptors (Lipinski definition) is 3. The van der Waals surface area contributed by atoms with Crippen LogP contribution in [0.2, 0.25) is 0 Å². The first-order valence-corrected chi connectivity index (χ1v) is 4.76. The van der Waals surface area contributed by atoms with Crippen LogP contribution >= 0.6 is 15.9 Å². The quantitative estimate of drug-likeness (QED) is 0.862. The Hall–Kier alpha value is -0.420. The van der Waals surface area contributed by atoms with Crippen LogP contribution in [0, 0.1) is 0 Å². The Morgan fingerprint density at radius 1 is 1.50 bits per heavy atom. The van der Waals surface area contributed by atoms with E-state index in [1.807, 2.05) is 13.8 Å². The molecule has 0 radical (unpaired) electrons. The molecule has 0 aliphatic rings. The molecule has 0 amide bonds. The van der Waals surface area contributed by atoms with E-state index in [0.29, 0.717) is 16.7 Å². The highest BCUT2D eigenvalue weighted by atomic mass is 79.9. The molecule has 0 spiro atoms. The third-order valence-electron chi connectivity index (χ3n) is 1.62. The van der Waals surface area contributed by atoms with Crippen molar-refractivity contribution in [3.63, 3.8) is 0 Å². The van der Waals surface area contributed by atoms with Gasteiger partial charge in [0.15, 0.2) is 4.60 Å². The van der Waals surface area contributed by atoms with E-state index in [1.165, 1.54) is 0 Å². The lowest BCUT2D eigenvalue weighted by Gasteiger charge is -2.01. The molecule has 0 aromatic carbocycles. The molecule has 12 heavy (non-hydrogen) atoms. The van der Waals surface area contributed by atoms with Gasteiger partial charge in [-0.3, -0.25) is 0 Å². The van der Waals surface area contributed by atoms with E-state index in [0.717, 1.165) is 6.54 Å². The molecule has 1 aromatic rings. The Kier molecular flexibility index (Phi) is 3.22. The average molecular weight is 234 g/mol. The van der Waals surface area contributed by atoms with E-state index in [2.05, 4.69) is 26.1 Å². The lowest BCUT2D eigenvalue weighted by atomic mass is 10.2. The highest BCUT2D eigenvalue weighted by Crippen LogP contribution is 2.21. The number of aliphatic hydroxyl groups excluding tert-OH is 1. The van der Waals surface area contributed by atoms with Crippen molar-refractivity contribution in [3.05, 3.63) is 10.3 Å². The largest absolute Gasteiger partial charge is 0.387 e. The van der Waals surface area contributed by atoms with Gasteiger partial charge < -0.3 is 5.11 Å². The van der Waals surface area contributed by atoms with Gasteiger partial charge in [-0.15, -0.1) is 5.10 Å². The van der Waals surface area contributed by atoms with Crippen LogP contribution in [0.4, 0.5) is 0 Å². The van der Waals surface area contributed by atoms with Crippen molar-refractivity contribution >= 4 is 15.9 Å². The van der Waals surface area contributed by atoms with E-state index in [9.17, 15) is 5.11 Å². The Balaban J connectivity index is 2.91. The minimum atomic E-state index is -0.514. The van der Waals surface area contributed by atoms with Gasteiger partial charge in [0.1, 0.15) is 11.8 Å². The number of aliphatic hydroxyl groups is 1. The number of nitrogens with zero attached hydrogens (tertiary/aromatic N) is 3. The van der Waals surface area contributed by atoms with Crippen molar-refractivity contribution in [2.75, 3.05) is 0 Å². The third-order valence-corrected chi connectivity index (χ3v) is 2.19. The van der Waals surface area contributed by atoms with E-state index >= 15 is 0 Å². The Morgan fingerprint density at radius 2 is 2.17 bits per heavy atom. The molecule has 1 unspecified atom stereocenters. The van der Waals surface area contributed by atoms with Crippen LogP contribution in [0.1, 0.15) is 32.1 Å². The molecule has 0 bridgehead atoms. The van der Waals surface area contributed by atoms with Crippen molar-refractivity contribution < 1.29 is 5.11 Å². The van der Waals surface area contributed by atoms with Crippen molar-refractivity contribution in [1.29, 1.82) is 0 Å². The summed E-state index contributed by atoms with van der Waals surface area (Å²) in [4.78, 5) is 1.55. The van der Waals surface area contributed by atoms with Gasteiger partial charge in [0.2, 0.25) is 0 Å². The minimum Gasteiger partial charge on any atom is -0.387 e. The maximum Gasteiger partial charge on any atom is 0.154 e. The average Bonchev–Trinajstić information content (AvgIpc) is 2.45. The summed E-state index contributed by atoms with van der Waals surface area (Å²) in [5, 5.41) is 17.6. The number of halogens is 1. The summed E-state index contributed by atoms with van der Waals surface area (Å²) in [5.74, 6) is 0. The summed E-state index contributed by atoms with van der Waals surface area (Å²) in [6.07, 6.45) is 0.140. The first-order chi connectivity index (χ1) is 5.69. The molecule has 1 aromatic heterocycles. The normalized spacial score (nSPS) is 13.3. The monoisotopic (exact) mass is 233 g/mol. The highest BCUT2D eigenvalue weighted by molar-refractivity contribution is 9.10. The second-order valence-electron chi connectivity index (χ2n) is 2.49. The zero-order valence-corrected chi connectivity index (χ0v) is 8.74. The van der Waals surface area contributed by atoms with Gasteiger partial charge in [0.05, 0.1) is 6.54 Å². The van der Waals surface area contributed by atoms with Gasteiger partial charge in [-0.2, -0.15) is 9.90 Å². The number of rotatable bonds is 3. The topological polar surface area (TPSA) is 50.9 Å². The number of aromatic nitrogens is 3. The van der Waals surface area contributed by atoms with Gasteiger partial charge in [-0.1, -0.05) is 6.92 Å². The maximum absolute atomic E-state index is 9.47. The maximum atomic E-state index is 9.47. The zero-order valence-electron chi connectivity index (χ0n) is 7.16. The molecule has 1 N–H and O–H groups in total. The molecule has 0 fully saturated rings. The standard InChI is InChI=1S/C7H12BrN3O/c1-3-5(12)6-7(8)10-11(4-2)9-6/h5,12H,3-4H2,1-2H3. The fourth-order valence-electron chi connectivity index (χ4n) is 0.879. The smallest absolute Gasteiger partial charge is 0.154 e. The molecule has 0 saturated heterocycles.